The first-order chi connectivity index (χ1) is 13.6. The number of pyridine rings is 1. The summed E-state index contributed by atoms with van der Waals surface area (Å²) in [6.45, 7) is 0.532. The maximum Gasteiger partial charge on any atom is 0.251 e. The lowest BCUT2D eigenvalue weighted by Gasteiger charge is -2.60. The van der Waals surface area contributed by atoms with E-state index in [0.29, 0.717) is 11.6 Å². The molecule has 0 atom stereocenters. The summed E-state index contributed by atoms with van der Waals surface area (Å²) in [6, 6.07) is 9.15. The predicted molar refractivity (Wildman–Crippen MR) is 106 cm³/mol. The molecule has 4 aliphatic rings. The van der Waals surface area contributed by atoms with Crippen LogP contribution in [0.1, 0.15) is 44.3 Å². The Balaban J connectivity index is 1.38. The molecule has 6 rings (SSSR count). The van der Waals surface area contributed by atoms with Crippen molar-refractivity contribution in [3.63, 3.8) is 0 Å². The van der Waals surface area contributed by atoms with E-state index in [1.54, 1.807) is 18.4 Å². The zero-order chi connectivity index (χ0) is 19.1. The van der Waals surface area contributed by atoms with E-state index in [1.165, 1.54) is 37.2 Å². The first-order valence-corrected chi connectivity index (χ1v) is 11.2. The van der Waals surface area contributed by atoms with Gasteiger partial charge in [0, 0.05) is 17.7 Å². The zero-order valence-electron chi connectivity index (χ0n) is 16.0. The van der Waals surface area contributed by atoms with Crippen LogP contribution in [0.25, 0.3) is 0 Å². The Morgan fingerprint density at radius 2 is 1.86 bits per heavy atom. The minimum atomic E-state index is -0.0245. The Bertz CT molecular complexity index is 816. The third kappa shape index (κ3) is 3.32. The van der Waals surface area contributed by atoms with Crippen molar-refractivity contribution >= 4 is 17.7 Å². The number of hydrogen-bond acceptors (Lipinski definition) is 4. The number of hydrogen-bond donors (Lipinski definition) is 0. The Hall–Kier alpha value is -1.95. The van der Waals surface area contributed by atoms with Gasteiger partial charge in [-0.25, -0.2) is 0 Å². The molecule has 0 aliphatic heterocycles. The van der Waals surface area contributed by atoms with Crippen LogP contribution < -0.4 is 4.73 Å². The van der Waals surface area contributed by atoms with Gasteiger partial charge < -0.3 is 14.5 Å². The highest BCUT2D eigenvalue weighted by Gasteiger charge is 2.54. The largest absolute Gasteiger partial charge is 0.618 e. The molecular weight excluding hydrogens is 372 g/mol. The summed E-state index contributed by atoms with van der Waals surface area (Å²) in [6.07, 6.45) is 10.6. The molecule has 1 amide bonds. The summed E-state index contributed by atoms with van der Waals surface area (Å²) in [5.74, 6) is 3.55. The lowest BCUT2D eigenvalue weighted by atomic mass is 9.52. The molecule has 0 saturated heterocycles. The highest BCUT2D eigenvalue weighted by atomic mass is 32.2. The predicted octanol–water partition coefficient (Wildman–Crippen LogP) is 4.00. The molecule has 2 aromatic rings. The van der Waals surface area contributed by atoms with Crippen LogP contribution in [0.15, 0.2) is 52.2 Å². The Morgan fingerprint density at radius 3 is 2.46 bits per heavy atom. The number of rotatable bonds is 6. The molecule has 4 bridgehead atoms. The van der Waals surface area contributed by atoms with Crippen LogP contribution in [-0.4, -0.2) is 22.1 Å². The maximum atomic E-state index is 13.4. The summed E-state index contributed by atoms with van der Waals surface area (Å²) in [5, 5.41) is 12.5. The van der Waals surface area contributed by atoms with E-state index in [-0.39, 0.29) is 17.2 Å². The van der Waals surface area contributed by atoms with Gasteiger partial charge in [-0.1, -0.05) is 0 Å². The van der Waals surface area contributed by atoms with Crippen molar-refractivity contribution in [2.75, 3.05) is 5.75 Å². The molecule has 4 saturated carbocycles. The minimum absolute atomic E-state index is 0.0245. The van der Waals surface area contributed by atoms with Crippen LogP contribution >= 0.6 is 11.8 Å². The van der Waals surface area contributed by atoms with Crippen LogP contribution in [-0.2, 0) is 11.3 Å². The summed E-state index contributed by atoms with van der Waals surface area (Å²) in [4.78, 5) is 15.5. The van der Waals surface area contributed by atoms with Gasteiger partial charge in [0.15, 0.2) is 6.20 Å². The SMILES string of the molecule is O=C(CSc1cccc[n+]1[O-])N(Cc1ccco1)C12CC3CC(CC(C3)C1)C2. The van der Waals surface area contributed by atoms with Crippen molar-refractivity contribution in [2.45, 2.75) is 55.6 Å². The van der Waals surface area contributed by atoms with E-state index in [2.05, 4.69) is 4.90 Å². The summed E-state index contributed by atoms with van der Waals surface area (Å²) < 4.78 is 6.44. The van der Waals surface area contributed by atoms with Crippen molar-refractivity contribution in [3.8, 4) is 0 Å². The number of amides is 1. The van der Waals surface area contributed by atoms with Crippen molar-refractivity contribution in [3.05, 3.63) is 53.8 Å². The average molecular weight is 399 g/mol. The number of nitrogens with zero attached hydrogens (tertiary/aromatic N) is 2. The van der Waals surface area contributed by atoms with Crippen molar-refractivity contribution in [1.29, 1.82) is 0 Å². The highest BCUT2D eigenvalue weighted by Crippen LogP contribution is 2.58. The van der Waals surface area contributed by atoms with Crippen LogP contribution in [0.2, 0.25) is 0 Å². The van der Waals surface area contributed by atoms with Gasteiger partial charge in [0.05, 0.1) is 18.6 Å². The van der Waals surface area contributed by atoms with Gasteiger partial charge in [-0.15, -0.1) is 0 Å². The van der Waals surface area contributed by atoms with Crippen molar-refractivity contribution in [1.82, 2.24) is 4.90 Å². The van der Waals surface area contributed by atoms with Gasteiger partial charge in [0.25, 0.3) is 5.03 Å². The standard InChI is InChI=1S/C22H26N2O3S/c25-20(15-28-21-5-1-2-6-24(21)26)23(14-19-4-3-7-27-19)22-11-16-8-17(12-22)10-18(9-16)13-22/h1-7,16-18H,8-15H2. The molecule has 2 heterocycles. The fraction of sp³-hybridized carbons (Fsp3) is 0.545. The number of thioether (sulfide) groups is 1. The van der Waals surface area contributed by atoms with Crippen molar-refractivity contribution < 1.29 is 13.9 Å². The van der Waals surface area contributed by atoms with Crippen LogP contribution in [0, 0.1) is 23.0 Å². The van der Waals surface area contributed by atoms with Gasteiger partial charge >= 0.3 is 0 Å². The van der Waals surface area contributed by atoms with Crippen molar-refractivity contribution in [2.24, 2.45) is 17.8 Å². The molecule has 4 fully saturated rings. The number of carbonyl (C=O) groups excluding carboxylic acids is 1. The molecular formula is C22H26N2O3S. The first-order valence-electron chi connectivity index (χ1n) is 10.3. The Morgan fingerprint density at radius 1 is 1.14 bits per heavy atom. The quantitative estimate of drug-likeness (QED) is 0.419. The molecule has 0 unspecified atom stereocenters. The number of carbonyl (C=O) groups is 1. The van der Waals surface area contributed by atoms with Gasteiger partial charge in [0.1, 0.15) is 5.76 Å². The molecule has 0 aromatic carbocycles. The normalized spacial score (nSPS) is 30.5. The van der Waals surface area contributed by atoms with E-state index in [9.17, 15) is 10.0 Å². The molecule has 0 N–H and O–H groups in total. The average Bonchev–Trinajstić information content (AvgIpc) is 3.17. The van der Waals surface area contributed by atoms with E-state index >= 15 is 0 Å². The molecule has 6 heteroatoms. The van der Waals surface area contributed by atoms with E-state index in [1.807, 2.05) is 18.2 Å². The van der Waals surface area contributed by atoms with E-state index < -0.39 is 0 Å². The Labute approximate surface area is 169 Å². The van der Waals surface area contributed by atoms with Gasteiger partial charge in [0.2, 0.25) is 5.91 Å². The fourth-order valence-corrected chi connectivity index (χ4v) is 7.00. The second kappa shape index (κ2) is 7.14. The zero-order valence-corrected chi connectivity index (χ0v) is 16.8. The first kappa shape index (κ1) is 18.1. The van der Waals surface area contributed by atoms with Gasteiger partial charge in [-0.3, -0.25) is 4.79 Å². The van der Waals surface area contributed by atoms with E-state index in [4.69, 9.17) is 4.42 Å². The monoisotopic (exact) mass is 398 g/mol. The third-order valence-electron chi connectivity index (χ3n) is 6.91. The van der Waals surface area contributed by atoms with Gasteiger partial charge in [-0.05, 0) is 86.2 Å². The molecule has 4 aliphatic carbocycles. The molecule has 2 aromatic heterocycles. The summed E-state index contributed by atoms with van der Waals surface area (Å²) in [7, 11) is 0. The fourth-order valence-electron chi connectivity index (χ4n) is 6.21. The smallest absolute Gasteiger partial charge is 0.251 e. The molecule has 148 valence electrons. The molecule has 0 spiro atoms. The maximum absolute atomic E-state index is 13.4. The number of aromatic nitrogens is 1. The van der Waals surface area contributed by atoms with Crippen LogP contribution in [0.4, 0.5) is 0 Å². The topological polar surface area (TPSA) is 60.4 Å². The lowest BCUT2D eigenvalue weighted by Crippen LogP contribution is -2.61. The second-order valence-corrected chi connectivity index (χ2v) is 9.85. The highest BCUT2D eigenvalue weighted by molar-refractivity contribution is 7.99. The number of furan rings is 1. The third-order valence-corrected chi connectivity index (χ3v) is 7.91. The summed E-state index contributed by atoms with van der Waals surface area (Å²) >= 11 is 1.33. The second-order valence-electron chi connectivity index (χ2n) is 8.85. The molecule has 5 nitrogen and oxygen atoms in total. The minimum Gasteiger partial charge on any atom is -0.618 e. The molecule has 28 heavy (non-hydrogen) atoms. The van der Waals surface area contributed by atoms with Gasteiger partial charge in [-0.2, -0.15) is 4.73 Å². The van der Waals surface area contributed by atoms with Crippen LogP contribution in [0.5, 0.6) is 0 Å². The Kier molecular flexibility index (Phi) is 4.62. The molecule has 0 radical (unpaired) electrons. The van der Waals surface area contributed by atoms with E-state index in [0.717, 1.165) is 47.5 Å². The summed E-state index contributed by atoms with van der Waals surface area (Å²) in [5.41, 5.74) is -0.0245. The van der Waals surface area contributed by atoms with Crippen LogP contribution in [0.3, 0.4) is 0 Å². The lowest BCUT2D eigenvalue weighted by molar-refractivity contribution is -0.645.